The Hall–Kier alpha value is -1.40. The first-order valence-corrected chi connectivity index (χ1v) is 6.54. The molecule has 90 valence electrons. The minimum atomic E-state index is -1.27. The van der Waals surface area contributed by atoms with Crippen LogP contribution < -0.4 is 5.73 Å². The van der Waals surface area contributed by atoms with Crippen LogP contribution in [0.4, 0.5) is 5.69 Å². The number of hydrogen-bond acceptors (Lipinski definition) is 4. The van der Waals surface area contributed by atoms with Crippen molar-refractivity contribution in [3.05, 3.63) is 35.1 Å². The number of nitrogen functional groups attached to an aromatic ring is 1. The Morgan fingerprint density at radius 1 is 1.53 bits per heavy atom. The number of rotatable bonds is 3. The van der Waals surface area contributed by atoms with Crippen LogP contribution in [0.15, 0.2) is 29.3 Å². The predicted molar refractivity (Wildman–Crippen MR) is 67.0 cm³/mol. The van der Waals surface area contributed by atoms with Gasteiger partial charge in [-0.2, -0.15) is 0 Å². The summed E-state index contributed by atoms with van der Waals surface area (Å²) in [7, 11) is 0.489. The van der Waals surface area contributed by atoms with Gasteiger partial charge in [0.2, 0.25) is 0 Å². The number of nitrogens with two attached hydrogens (primary N) is 1. The van der Waals surface area contributed by atoms with Gasteiger partial charge >= 0.3 is 0 Å². The molecule has 1 aromatic heterocycles. The van der Waals surface area contributed by atoms with E-state index >= 15 is 0 Å². The van der Waals surface area contributed by atoms with Crippen molar-refractivity contribution in [2.45, 2.75) is 10.6 Å². The number of nitrogens with zero attached hydrogens (tertiary/aromatic N) is 3. The van der Waals surface area contributed by atoms with Crippen LogP contribution in [-0.4, -0.2) is 19.2 Å². The van der Waals surface area contributed by atoms with Crippen molar-refractivity contribution in [2.75, 3.05) is 5.73 Å². The summed E-state index contributed by atoms with van der Waals surface area (Å²) in [4.78, 5) is 0.531. The Kier molecular flexibility index (Phi) is 3.44. The molecule has 0 radical (unpaired) electrons. The lowest BCUT2D eigenvalue weighted by Crippen LogP contribution is -2.01. The maximum atomic E-state index is 12.1. The van der Waals surface area contributed by atoms with Crippen molar-refractivity contribution in [3.63, 3.8) is 0 Å². The van der Waals surface area contributed by atoms with E-state index in [2.05, 4.69) is 10.3 Å². The Balaban J connectivity index is 2.22. The number of aromatic nitrogens is 3. The maximum Gasteiger partial charge on any atom is 0.0955 e. The monoisotopic (exact) mass is 270 g/mol. The highest BCUT2D eigenvalue weighted by Gasteiger charge is 2.11. The van der Waals surface area contributed by atoms with Crippen molar-refractivity contribution in [2.24, 2.45) is 7.05 Å². The largest absolute Gasteiger partial charge is 0.398 e. The molecule has 0 amide bonds. The molecule has 1 atom stereocenters. The van der Waals surface area contributed by atoms with Gasteiger partial charge in [-0.1, -0.05) is 16.8 Å². The molecule has 0 spiro atoms. The summed E-state index contributed by atoms with van der Waals surface area (Å²) in [6, 6.07) is 4.93. The van der Waals surface area contributed by atoms with E-state index in [1.807, 2.05) is 0 Å². The van der Waals surface area contributed by atoms with Gasteiger partial charge in [0, 0.05) is 24.0 Å². The Bertz CT molecular complexity index is 569. The van der Waals surface area contributed by atoms with E-state index in [0.717, 1.165) is 0 Å². The number of benzene rings is 1. The molecule has 1 unspecified atom stereocenters. The summed E-state index contributed by atoms with van der Waals surface area (Å²) < 4.78 is 13.7. The molecule has 0 fully saturated rings. The molecule has 17 heavy (non-hydrogen) atoms. The van der Waals surface area contributed by atoms with Gasteiger partial charge in [0.1, 0.15) is 0 Å². The first kappa shape index (κ1) is 12.1. The molecular formula is C10H11ClN4OS. The van der Waals surface area contributed by atoms with Crippen molar-refractivity contribution in [1.82, 2.24) is 15.0 Å². The van der Waals surface area contributed by atoms with Crippen LogP contribution in [0.3, 0.4) is 0 Å². The van der Waals surface area contributed by atoms with Gasteiger partial charge in [0.05, 0.1) is 27.1 Å². The minimum Gasteiger partial charge on any atom is -0.398 e. The van der Waals surface area contributed by atoms with Gasteiger partial charge in [-0.05, 0) is 18.2 Å². The van der Waals surface area contributed by atoms with Crippen LogP contribution >= 0.6 is 11.6 Å². The molecule has 1 heterocycles. The van der Waals surface area contributed by atoms with Crippen LogP contribution in [0.1, 0.15) is 5.69 Å². The molecule has 2 aromatic rings. The summed E-state index contributed by atoms with van der Waals surface area (Å²) in [5.41, 5.74) is 6.88. The summed E-state index contributed by atoms with van der Waals surface area (Å²) in [6.45, 7) is 0. The molecular weight excluding hydrogens is 260 g/mol. The number of hydrogen-bond donors (Lipinski definition) is 1. The summed E-state index contributed by atoms with van der Waals surface area (Å²) >= 11 is 5.85. The van der Waals surface area contributed by atoms with Crippen LogP contribution in [0.2, 0.25) is 5.02 Å². The standard InChI is InChI=1S/C10H11ClN4OS/c1-15-5-8(13-14-15)6-17(16)10-4-7(11)2-3-9(10)12/h2-5H,6,12H2,1H3. The lowest BCUT2D eigenvalue weighted by Gasteiger charge is -2.04. The fourth-order valence-corrected chi connectivity index (χ4v) is 2.76. The van der Waals surface area contributed by atoms with E-state index in [9.17, 15) is 4.21 Å². The van der Waals surface area contributed by atoms with Gasteiger partial charge < -0.3 is 5.73 Å². The summed E-state index contributed by atoms with van der Waals surface area (Å²) in [5.74, 6) is 0.276. The highest BCUT2D eigenvalue weighted by molar-refractivity contribution is 7.84. The van der Waals surface area contributed by atoms with Crippen molar-refractivity contribution in [3.8, 4) is 0 Å². The third kappa shape index (κ3) is 2.83. The third-order valence-electron chi connectivity index (χ3n) is 2.15. The molecule has 7 heteroatoms. The first-order valence-electron chi connectivity index (χ1n) is 4.85. The van der Waals surface area contributed by atoms with Crippen molar-refractivity contribution < 1.29 is 4.21 Å². The molecule has 0 aliphatic heterocycles. The molecule has 0 bridgehead atoms. The first-order chi connectivity index (χ1) is 8.06. The lowest BCUT2D eigenvalue weighted by molar-refractivity contribution is 0.682. The van der Waals surface area contributed by atoms with Gasteiger partial charge in [0.25, 0.3) is 0 Å². The van der Waals surface area contributed by atoms with Crippen LogP contribution in [0.25, 0.3) is 0 Å². The zero-order chi connectivity index (χ0) is 12.4. The molecule has 2 rings (SSSR count). The van der Waals surface area contributed by atoms with E-state index < -0.39 is 10.8 Å². The zero-order valence-electron chi connectivity index (χ0n) is 9.13. The summed E-state index contributed by atoms with van der Waals surface area (Å²) in [5, 5.41) is 8.17. The van der Waals surface area contributed by atoms with E-state index in [-0.39, 0.29) is 5.75 Å². The van der Waals surface area contributed by atoms with Gasteiger partial charge in [-0.3, -0.25) is 8.89 Å². The smallest absolute Gasteiger partial charge is 0.0955 e. The molecule has 2 N–H and O–H groups in total. The molecule has 0 aliphatic rings. The van der Waals surface area contributed by atoms with E-state index in [0.29, 0.717) is 21.3 Å². The second-order valence-electron chi connectivity index (χ2n) is 3.56. The van der Waals surface area contributed by atoms with Gasteiger partial charge in [-0.15, -0.1) is 5.10 Å². The molecule has 5 nitrogen and oxygen atoms in total. The third-order valence-corrected chi connectivity index (χ3v) is 3.79. The Morgan fingerprint density at radius 2 is 2.29 bits per heavy atom. The SMILES string of the molecule is Cn1cc(CS(=O)c2cc(Cl)ccc2N)nn1. The zero-order valence-corrected chi connectivity index (χ0v) is 10.7. The van der Waals surface area contributed by atoms with E-state index in [1.165, 1.54) is 0 Å². The van der Waals surface area contributed by atoms with E-state index in [4.69, 9.17) is 17.3 Å². The second kappa shape index (κ2) is 4.85. The van der Waals surface area contributed by atoms with Gasteiger partial charge in [-0.25, -0.2) is 0 Å². The van der Waals surface area contributed by atoms with Crippen molar-refractivity contribution >= 4 is 28.1 Å². The second-order valence-corrected chi connectivity index (χ2v) is 5.41. The lowest BCUT2D eigenvalue weighted by atomic mass is 10.3. The Morgan fingerprint density at radius 3 is 2.94 bits per heavy atom. The normalized spacial score (nSPS) is 12.6. The fraction of sp³-hybridized carbons (Fsp3) is 0.200. The maximum absolute atomic E-state index is 12.1. The average Bonchev–Trinajstić information content (AvgIpc) is 2.67. The fourth-order valence-electron chi connectivity index (χ4n) is 1.38. The minimum absolute atomic E-state index is 0.276. The number of halogens is 1. The molecule has 0 saturated carbocycles. The highest BCUT2D eigenvalue weighted by atomic mass is 35.5. The van der Waals surface area contributed by atoms with E-state index in [1.54, 1.807) is 36.1 Å². The predicted octanol–water partition coefficient (Wildman–Crippen LogP) is 1.36. The quantitative estimate of drug-likeness (QED) is 0.855. The van der Waals surface area contributed by atoms with Crippen LogP contribution in [-0.2, 0) is 23.6 Å². The number of aryl methyl sites for hydroxylation is 1. The van der Waals surface area contributed by atoms with Crippen molar-refractivity contribution in [1.29, 1.82) is 0 Å². The highest BCUT2D eigenvalue weighted by Crippen LogP contribution is 2.22. The number of anilines is 1. The molecule has 0 aliphatic carbocycles. The van der Waals surface area contributed by atoms with Crippen LogP contribution in [0.5, 0.6) is 0 Å². The summed E-state index contributed by atoms with van der Waals surface area (Å²) in [6.07, 6.45) is 1.72. The molecule has 1 aromatic carbocycles. The average molecular weight is 271 g/mol. The van der Waals surface area contributed by atoms with Gasteiger partial charge in [0.15, 0.2) is 0 Å². The molecule has 0 saturated heterocycles. The Labute approximate surface area is 106 Å². The van der Waals surface area contributed by atoms with Crippen LogP contribution in [0, 0.1) is 0 Å². The topological polar surface area (TPSA) is 73.8 Å².